The lowest BCUT2D eigenvalue weighted by atomic mass is 9.92. The highest BCUT2D eigenvalue weighted by Crippen LogP contribution is 2.44. The Kier molecular flexibility index (Phi) is 12.2. The highest BCUT2D eigenvalue weighted by atomic mass is 16.5. The van der Waals surface area contributed by atoms with E-state index in [0.29, 0.717) is 32.0 Å². The van der Waals surface area contributed by atoms with Crippen LogP contribution in [-0.4, -0.2) is 112 Å². The van der Waals surface area contributed by atoms with Crippen LogP contribution < -0.4 is 15.4 Å². The molecule has 0 spiro atoms. The fourth-order valence-electron chi connectivity index (χ4n) is 9.64. The summed E-state index contributed by atoms with van der Waals surface area (Å²) >= 11 is 0. The largest absolute Gasteiger partial charge is 0.488 e. The minimum atomic E-state index is -0.934. The van der Waals surface area contributed by atoms with Crippen LogP contribution in [0.15, 0.2) is 48.7 Å². The van der Waals surface area contributed by atoms with E-state index in [2.05, 4.69) is 63.9 Å². The first-order valence-electron chi connectivity index (χ1n) is 21.5. The number of nitrogens with zero attached hydrogens (tertiary/aromatic N) is 4. The summed E-state index contributed by atoms with van der Waals surface area (Å²) < 4.78 is 21.6. The van der Waals surface area contributed by atoms with Gasteiger partial charge in [0, 0.05) is 36.6 Å². The maximum atomic E-state index is 14.1. The van der Waals surface area contributed by atoms with Crippen molar-refractivity contribution in [2.75, 3.05) is 34.5 Å². The molecule has 3 amide bonds. The zero-order chi connectivity index (χ0) is 44.0. The average molecular weight is 851 g/mol. The van der Waals surface area contributed by atoms with Crippen LogP contribution in [0.1, 0.15) is 83.2 Å². The number of aromatic amines is 2. The number of benzene rings is 3. The Bertz CT molecular complexity index is 2460. The summed E-state index contributed by atoms with van der Waals surface area (Å²) in [6.45, 7) is 11.2. The van der Waals surface area contributed by atoms with E-state index >= 15 is 0 Å². The van der Waals surface area contributed by atoms with Gasteiger partial charge >= 0.3 is 12.2 Å². The molecule has 5 heterocycles. The average Bonchev–Trinajstić information content (AvgIpc) is 4.09. The zero-order valence-electron chi connectivity index (χ0n) is 36.7. The van der Waals surface area contributed by atoms with Crippen molar-refractivity contribution in [3.05, 3.63) is 65.9 Å². The number of hydrogen-bond acceptors (Lipinski definition) is 11. The lowest BCUT2D eigenvalue weighted by Gasteiger charge is -2.38. The fraction of sp³-hybridized carbons (Fsp3) is 0.500. The number of likely N-dealkylation sites (tertiary alicyclic amines) is 2. The van der Waals surface area contributed by atoms with Crippen LogP contribution in [0.4, 0.5) is 9.59 Å². The number of carbonyl (C=O) groups excluding carboxylic acids is 3. The Morgan fingerprint density at radius 2 is 1.69 bits per heavy atom. The first-order valence-corrected chi connectivity index (χ1v) is 21.5. The second-order valence-electron chi connectivity index (χ2n) is 17.6. The predicted molar refractivity (Wildman–Crippen MR) is 233 cm³/mol. The van der Waals surface area contributed by atoms with Crippen molar-refractivity contribution < 1.29 is 38.4 Å². The standard InChI is InChI=1S/C46H58N8O8/c1-23(2)38(51-45(57)60-7)43(55)53-20-26(21-59-6)15-36(53)42-48-33-13-11-27-17-32-30-12-10-28(16-29(30)22-62-37(32)18-31(27)40(33)50-42)34-19-47-41(49-34)35-14-9-25(5)54(35)44(56)39(24(3)4)52-46(58)61-8/h10-13,16-19,23-26,35-36,38-39,44,56H,9,14-15,20-22H2,1-8H3,(H,47,49)(H,48,50)(H,51,57)(H,52,58)/t25-,26-,35-,36-,38-,39-,44?/m0/s1. The molecule has 2 aromatic heterocycles. The van der Waals surface area contributed by atoms with E-state index < -0.39 is 30.5 Å². The van der Waals surface area contributed by atoms with Crippen molar-refractivity contribution >= 4 is 39.9 Å². The molecule has 8 rings (SSSR count). The molecule has 7 atom stereocenters. The number of fused-ring (bicyclic) bond motifs is 6. The van der Waals surface area contributed by atoms with Gasteiger partial charge in [-0.15, -0.1) is 0 Å². The second kappa shape index (κ2) is 17.6. The molecule has 62 heavy (non-hydrogen) atoms. The van der Waals surface area contributed by atoms with E-state index in [1.54, 1.807) is 7.11 Å². The highest BCUT2D eigenvalue weighted by Gasteiger charge is 2.43. The normalized spacial score (nSPS) is 21.4. The number of carbonyl (C=O) groups is 3. The number of hydrogen-bond donors (Lipinski definition) is 5. The number of aromatic nitrogens is 4. The van der Waals surface area contributed by atoms with E-state index in [-0.39, 0.29) is 41.8 Å². The zero-order valence-corrected chi connectivity index (χ0v) is 36.7. The lowest BCUT2D eigenvalue weighted by molar-refractivity contribution is -0.135. The van der Waals surface area contributed by atoms with Gasteiger partial charge in [-0.1, -0.05) is 45.9 Å². The van der Waals surface area contributed by atoms with E-state index in [1.807, 2.05) is 49.8 Å². The Hall–Kier alpha value is -5.71. The van der Waals surface area contributed by atoms with E-state index in [0.717, 1.165) is 74.2 Å². The fourth-order valence-corrected chi connectivity index (χ4v) is 9.64. The molecule has 5 aromatic rings. The molecule has 3 aliphatic heterocycles. The number of amides is 3. The molecule has 330 valence electrons. The monoisotopic (exact) mass is 850 g/mol. The van der Waals surface area contributed by atoms with Crippen molar-refractivity contribution in [2.45, 2.75) is 96.9 Å². The molecule has 1 unspecified atom stereocenters. The third-order valence-corrected chi connectivity index (χ3v) is 12.9. The van der Waals surface area contributed by atoms with E-state index in [1.165, 1.54) is 14.2 Å². The van der Waals surface area contributed by atoms with Gasteiger partial charge in [-0.2, -0.15) is 0 Å². The molecule has 0 radical (unpaired) electrons. The van der Waals surface area contributed by atoms with E-state index in [4.69, 9.17) is 28.9 Å². The highest BCUT2D eigenvalue weighted by molar-refractivity contribution is 6.07. The Morgan fingerprint density at radius 3 is 2.42 bits per heavy atom. The number of H-pyrrole nitrogens is 2. The molecule has 2 fully saturated rings. The first kappa shape index (κ1) is 43.0. The first-order chi connectivity index (χ1) is 29.8. The SMILES string of the molecule is COC[C@H]1C[C@@H](c2nc3c(ccc4cc5c(cc43)OCc3cc(-c4cnc([C@@H]6CC[C@H](C)N6C(O)[C@@H](NC(=O)OC)C(C)C)[nH]4)ccc3-5)[nH]2)N(C(=O)[C@@H](NC(=O)OC)C(C)C)C1. The number of nitrogens with one attached hydrogen (secondary N) is 4. The van der Waals surface area contributed by atoms with Gasteiger partial charge in [-0.3, -0.25) is 9.69 Å². The van der Waals surface area contributed by atoms with Crippen LogP contribution in [0.25, 0.3) is 44.2 Å². The Balaban J connectivity index is 1.05. The quantitative estimate of drug-likeness (QED) is 0.0885. The summed E-state index contributed by atoms with van der Waals surface area (Å²) in [5.41, 5.74) is 6.60. The molecular formula is C46H58N8O8. The number of rotatable bonds is 12. The number of imidazole rings is 2. The number of ether oxygens (including phenoxy) is 4. The predicted octanol–water partition coefficient (Wildman–Crippen LogP) is 6.81. The molecule has 16 nitrogen and oxygen atoms in total. The molecule has 5 N–H and O–H groups in total. The summed E-state index contributed by atoms with van der Waals surface area (Å²) in [5, 5.41) is 19.1. The van der Waals surface area contributed by atoms with Gasteiger partial charge in [0.25, 0.3) is 0 Å². The molecule has 0 bridgehead atoms. The lowest BCUT2D eigenvalue weighted by Crippen LogP contribution is -2.55. The van der Waals surface area contributed by atoms with Crippen LogP contribution in [-0.2, 0) is 25.6 Å². The Labute approximate surface area is 361 Å². The summed E-state index contributed by atoms with van der Waals surface area (Å²) in [4.78, 5) is 59.3. The van der Waals surface area contributed by atoms with Crippen molar-refractivity contribution in [2.24, 2.45) is 17.8 Å². The van der Waals surface area contributed by atoms with Crippen molar-refractivity contribution in [3.63, 3.8) is 0 Å². The summed E-state index contributed by atoms with van der Waals surface area (Å²) in [6.07, 6.45) is 2.03. The number of aliphatic hydroxyl groups excluding tert-OH is 1. The van der Waals surface area contributed by atoms with Crippen molar-refractivity contribution in [1.82, 2.24) is 40.4 Å². The van der Waals surface area contributed by atoms with Crippen LogP contribution in [0, 0.1) is 17.8 Å². The maximum absolute atomic E-state index is 14.1. The molecular weight excluding hydrogens is 793 g/mol. The summed E-state index contributed by atoms with van der Waals surface area (Å²) in [5.74, 6) is 1.93. The van der Waals surface area contributed by atoms with E-state index in [9.17, 15) is 19.5 Å². The third-order valence-electron chi connectivity index (χ3n) is 12.9. The van der Waals surface area contributed by atoms with Gasteiger partial charge in [0.2, 0.25) is 5.91 Å². The van der Waals surface area contributed by atoms with Crippen LogP contribution in [0.3, 0.4) is 0 Å². The van der Waals surface area contributed by atoms with Gasteiger partial charge in [0.15, 0.2) is 0 Å². The smallest absolute Gasteiger partial charge is 0.407 e. The summed E-state index contributed by atoms with van der Waals surface area (Å²) in [6, 6.07) is 13.0. The molecule has 0 saturated carbocycles. The minimum Gasteiger partial charge on any atom is -0.488 e. The van der Waals surface area contributed by atoms with Gasteiger partial charge < -0.3 is 49.6 Å². The van der Waals surface area contributed by atoms with Gasteiger partial charge in [-0.25, -0.2) is 19.6 Å². The van der Waals surface area contributed by atoms with Gasteiger partial charge in [-0.05, 0) is 84.4 Å². The third kappa shape index (κ3) is 8.06. The Morgan fingerprint density at radius 1 is 0.919 bits per heavy atom. The molecule has 16 heteroatoms. The minimum absolute atomic E-state index is 0.0333. The van der Waals surface area contributed by atoms with Crippen molar-refractivity contribution in [3.8, 4) is 28.1 Å². The van der Waals surface area contributed by atoms with Crippen LogP contribution in [0.2, 0.25) is 0 Å². The van der Waals surface area contributed by atoms with Gasteiger partial charge in [0.05, 0.1) is 61.9 Å². The molecule has 3 aromatic carbocycles. The summed E-state index contributed by atoms with van der Waals surface area (Å²) in [7, 11) is 4.27. The molecule has 2 saturated heterocycles. The van der Waals surface area contributed by atoms with Crippen LogP contribution >= 0.6 is 0 Å². The molecule has 3 aliphatic rings. The van der Waals surface area contributed by atoms with Gasteiger partial charge in [0.1, 0.15) is 36.3 Å². The number of aliphatic hydroxyl groups is 1. The second-order valence-corrected chi connectivity index (χ2v) is 17.6. The molecule has 0 aliphatic carbocycles. The maximum Gasteiger partial charge on any atom is 0.407 e. The topological polar surface area (TPSA) is 196 Å². The number of alkyl carbamates (subject to hydrolysis) is 2. The van der Waals surface area contributed by atoms with Crippen LogP contribution in [0.5, 0.6) is 5.75 Å². The van der Waals surface area contributed by atoms with Crippen molar-refractivity contribution in [1.29, 1.82) is 0 Å². The number of methoxy groups -OCH3 is 3.